The summed E-state index contributed by atoms with van der Waals surface area (Å²) < 4.78 is 5.38. The summed E-state index contributed by atoms with van der Waals surface area (Å²) in [4.78, 5) is 14.9. The van der Waals surface area contributed by atoms with Crippen molar-refractivity contribution < 1.29 is 14.6 Å². The molecular formula is C19H28N2O3. The fourth-order valence-corrected chi connectivity index (χ4v) is 3.70. The largest absolute Gasteiger partial charge is 0.396 e. The van der Waals surface area contributed by atoms with Crippen molar-refractivity contribution in [1.82, 2.24) is 10.2 Å². The van der Waals surface area contributed by atoms with Gasteiger partial charge < -0.3 is 15.2 Å². The van der Waals surface area contributed by atoms with Crippen LogP contribution in [0.4, 0.5) is 0 Å². The van der Waals surface area contributed by atoms with E-state index in [0.29, 0.717) is 5.56 Å². The van der Waals surface area contributed by atoms with E-state index < -0.39 is 0 Å². The molecule has 1 amide bonds. The molecule has 0 bridgehead atoms. The molecule has 1 heterocycles. The lowest BCUT2D eigenvalue weighted by atomic mass is 9.85. The normalized spacial score (nSPS) is 25.4. The Morgan fingerprint density at radius 2 is 2.04 bits per heavy atom. The molecule has 5 heteroatoms. The van der Waals surface area contributed by atoms with Crippen molar-refractivity contribution >= 4 is 5.91 Å². The van der Waals surface area contributed by atoms with Gasteiger partial charge in [0.05, 0.1) is 13.2 Å². The summed E-state index contributed by atoms with van der Waals surface area (Å²) in [5, 5.41) is 12.6. The van der Waals surface area contributed by atoms with Crippen molar-refractivity contribution in [2.75, 3.05) is 32.9 Å². The summed E-state index contributed by atoms with van der Waals surface area (Å²) in [7, 11) is 0. The van der Waals surface area contributed by atoms with Crippen LogP contribution in [0.15, 0.2) is 24.3 Å². The van der Waals surface area contributed by atoms with Gasteiger partial charge in [-0.1, -0.05) is 25.0 Å². The molecule has 1 saturated heterocycles. The van der Waals surface area contributed by atoms with Gasteiger partial charge in [0, 0.05) is 43.8 Å². The molecule has 3 rings (SSSR count). The number of nitrogens with one attached hydrogen (secondary N) is 1. The maximum atomic E-state index is 12.6. The van der Waals surface area contributed by atoms with E-state index in [-0.39, 0.29) is 24.5 Å². The zero-order valence-corrected chi connectivity index (χ0v) is 14.2. The molecule has 2 unspecified atom stereocenters. The molecule has 0 aromatic heterocycles. The molecule has 0 spiro atoms. The first-order chi connectivity index (χ1) is 11.8. The van der Waals surface area contributed by atoms with Crippen LogP contribution in [0, 0.1) is 5.92 Å². The van der Waals surface area contributed by atoms with Crippen molar-refractivity contribution in [3.8, 4) is 0 Å². The Kier molecular flexibility index (Phi) is 6.24. The number of hydrogen-bond donors (Lipinski definition) is 2. The number of carbonyl (C=O) groups excluding carboxylic acids is 1. The minimum Gasteiger partial charge on any atom is -0.396 e. The average molecular weight is 332 g/mol. The maximum Gasteiger partial charge on any atom is 0.251 e. The van der Waals surface area contributed by atoms with E-state index >= 15 is 0 Å². The third-order valence-electron chi connectivity index (χ3n) is 5.16. The minimum atomic E-state index is -0.0239. The Morgan fingerprint density at radius 1 is 1.25 bits per heavy atom. The van der Waals surface area contributed by atoms with Crippen LogP contribution in [0.5, 0.6) is 0 Å². The predicted octanol–water partition coefficient (Wildman–Crippen LogP) is 1.80. The Bertz CT molecular complexity index is 543. The highest BCUT2D eigenvalue weighted by Crippen LogP contribution is 2.24. The van der Waals surface area contributed by atoms with Crippen LogP contribution in [0.3, 0.4) is 0 Å². The number of hydrogen-bond acceptors (Lipinski definition) is 4. The number of ether oxygens (including phenoxy) is 1. The number of morpholine rings is 1. The van der Waals surface area contributed by atoms with E-state index in [1.165, 1.54) is 0 Å². The molecule has 1 aromatic rings. The van der Waals surface area contributed by atoms with Gasteiger partial charge in [0.25, 0.3) is 5.91 Å². The fourth-order valence-electron chi connectivity index (χ4n) is 3.70. The van der Waals surface area contributed by atoms with E-state index in [0.717, 1.165) is 64.1 Å². The summed E-state index contributed by atoms with van der Waals surface area (Å²) in [6, 6.07) is 7.98. The fraction of sp³-hybridized carbons (Fsp3) is 0.632. The van der Waals surface area contributed by atoms with Crippen molar-refractivity contribution in [1.29, 1.82) is 0 Å². The predicted molar refractivity (Wildman–Crippen MR) is 92.8 cm³/mol. The highest BCUT2D eigenvalue weighted by Gasteiger charge is 2.26. The number of rotatable bonds is 5. The zero-order chi connectivity index (χ0) is 16.8. The molecular weight excluding hydrogens is 304 g/mol. The number of carbonyl (C=O) groups is 1. The average Bonchev–Trinajstić information content (AvgIpc) is 2.63. The number of aliphatic hydroxyl groups is 1. The van der Waals surface area contributed by atoms with Gasteiger partial charge in [-0.25, -0.2) is 0 Å². The molecule has 132 valence electrons. The van der Waals surface area contributed by atoms with Crippen molar-refractivity contribution in [3.05, 3.63) is 35.4 Å². The molecule has 1 aromatic carbocycles. The third-order valence-corrected chi connectivity index (χ3v) is 5.16. The topological polar surface area (TPSA) is 61.8 Å². The summed E-state index contributed by atoms with van der Waals surface area (Å²) in [5.41, 5.74) is 1.87. The SMILES string of the molecule is O=C(NC1CCCCC1CO)c1cccc(CN2CCOCC2)c1. The summed E-state index contributed by atoms with van der Waals surface area (Å²) in [5.74, 6) is 0.170. The van der Waals surface area contributed by atoms with Crippen molar-refractivity contribution in [2.24, 2.45) is 5.92 Å². The molecule has 2 atom stereocenters. The Balaban J connectivity index is 1.61. The van der Waals surface area contributed by atoms with Gasteiger partial charge in [0.15, 0.2) is 0 Å². The van der Waals surface area contributed by atoms with Crippen molar-refractivity contribution in [2.45, 2.75) is 38.3 Å². The molecule has 24 heavy (non-hydrogen) atoms. The van der Waals surface area contributed by atoms with Crippen LogP contribution in [0.1, 0.15) is 41.6 Å². The van der Waals surface area contributed by atoms with Gasteiger partial charge in [0.1, 0.15) is 0 Å². The van der Waals surface area contributed by atoms with E-state index in [1.807, 2.05) is 18.2 Å². The smallest absolute Gasteiger partial charge is 0.251 e. The first-order valence-corrected chi connectivity index (χ1v) is 9.07. The number of nitrogens with zero attached hydrogens (tertiary/aromatic N) is 1. The number of benzene rings is 1. The molecule has 1 aliphatic carbocycles. The summed E-state index contributed by atoms with van der Waals surface area (Å²) >= 11 is 0. The van der Waals surface area contributed by atoms with Crippen LogP contribution in [0.25, 0.3) is 0 Å². The minimum absolute atomic E-state index is 0.0239. The first kappa shape index (κ1) is 17.4. The summed E-state index contributed by atoms with van der Waals surface area (Å²) in [6.07, 6.45) is 4.23. The lowest BCUT2D eigenvalue weighted by molar-refractivity contribution is 0.0342. The third kappa shape index (κ3) is 4.56. The van der Waals surface area contributed by atoms with Gasteiger partial charge in [-0.3, -0.25) is 9.69 Å². The molecule has 1 saturated carbocycles. The molecule has 2 fully saturated rings. The second kappa shape index (κ2) is 8.60. The van der Waals surface area contributed by atoms with E-state index in [4.69, 9.17) is 4.74 Å². The second-order valence-electron chi connectivity index (χ2n) is 6.90. The molecule has 1 aliphatic heterocycles. The van der Waals surface area contributed by atoms with E-state index in [2.05, 4.69) is 16.3 Å². The van der Waals surface area contributed by atoms with Gasteiger partial charge in [-0.2, -0.15) is 0 Å². The monoisotopic (exact) mass is 332 g/mol. The van der Waals surface area contributed by atoms with E-state index in [9.17, 15) is 9.90 Å². The van der Waals surface area contributed by atoms with Crippen LogP contribution >= 0.6 is 0 Å². The number of aliphatic hydroxyl groups excluding tert-OH is 1. The van der Waals surface area contributed by atoms with Crippen LogP contribution in [-0.2, 0) is 11.3 Å². The first-order valence-electron chi connectivity index (χ1n) is 9.07. The molecule has 0 radical (unpaired) electrons. The molecule has 2 N–H and O–H groups in total. The lowest BCUT2D eigenvalue weighted by Crippen LogP contribution is -2.43. The van der Waals surface area contributed by atoms with Gasteiger partial charge >= 0.3 is 0 Å². The van der Waals surface area contributed by atoms with Crippen LogP contribution < -0.4 is 5.32 Å². The van der Waals surface area contributed by atoms with Crippen molar-refractivity contribution in [3.63, 3.8) is 0 Å². The Labute approximate surface area is 144 Å². The maximum absolute atomic E-state index is 12.6. The second-order valence-corrected chi connectivity index (χ2v) is 6.90. The zero-order valence-electron chi connectivity index (χ0n) is 14.2. The van der Waals surface area contributed by atoms with Gasteiger partial charge in [0.2, 0.25) is 0 Å². The molecule has 5 nitrogen and oxygen atoms in total. The highest BCUT2D eigenvalue weighted by molar-refractivity contribution is 5.94. The van der Waals surface area contributed by atoms with Gasteiger partial charge in [-0.05, 0) is 30.5 Å². The summed E-state index contributed by atoms with van der Waals surface area (Å²) in [6.45, 7) is 4.46. The highest BCUT2D eigenvalue weighted by atomic mass is 16.5. The Hall–Kier alpha value is -1.43. The Morgan fingerprint density at radius 3 is 2.83 bits per heavy atom. The van der Waals surface area contributed by atoms with Crippen LogP contribution in [0.2, 0.25) is 0 Å². The van der Waals surface area contributed by atoms with E-state index in [1.54, 1.807) is 0 Å². The quantitative estimate of drug-likeness (QED) is 0.863. The van der Waals surface area contributed by atoms with Gasteiger partial charge in [-0.15, -0.1) is 0 Å². The van der Waals surface area contributed by atoms with Crippen LogP contribution in [-0.4, -0.2) is 54.9 Å². The lowest BCUT2D eigenvalue weighted by Gasteiger charge is -2.31. The standard InChI is InChI=1S/C19H28N2O3/c22-14-17-5-1-2-7-18(17)20-19(23)16-6-3-4-15(12-16)13-21-8-10-24-11-9-21/h3-4,6,12,17-18,22H,1-2,5,7-11,13-14H2,(H,20,23). The number of amides is 1. The molecule has 2 aliphatic rings.